The van der Waals surface area contributed by atoms with Crippen molar-refractivity contribution in [1.82, 2.24) is 15.0 Å². The Balaban J connectivity index is 1.73. The second-order valence-corrected chi connectivity index (χ2v) is 10.8. The number of azide groups is 1. The number of methoxy groups -OCH3 is 1. The van der Waals surface area contributed by atoms with Gasteiger partial charge in [-0.15, -0.1) is 16.9 Å². The summed E-state index contributed by atoms with van der Waals surface area (Å²) in [5.74, 6) is -5.84. The number of carbonyl (C=O) groups excluding carboxylic acids is 2. The molecule has 8 atom stereocenters. The van der Waals surface area contributed by atoms with E-state index in [0.717, 1.165) is 30.8 Å². The summed E-state index contributed by atoms with van der Waals surface area (Å²) in [5, 5.41) is 21.8. The van der Waals surface area contributed by atoms with Crippen molar-refractivity contribution in [3.63, 3.8) is 0 Å². The Labute approximate surface area is 241 Å². The fourth-order valence-corrected chi connectivity index (χ4v) is 6.19. The quantitative estimate of drug-likeness (QED) is 0.144. The van der Waals surface area contributed by atoms with Crippen molar-refractivity contribution in [3.05, 3.63) is 46.2 Å². The van der Waals surface area contributed by atoms with E-state index in [-0.39, 0.29) is 31.1 Å². The number of nitrogens with zero attached hydrogens (tertiary/aromatic N) is 6. The number of hydrogen-bond acceptors (Lipinski definition) is 12. The monoisotopic (exact) mass is 616 g/mol. The van der Waals surface area contributed by atoms with Gasteiger partial charge in [-0.25, -0.2) is 17.9 Å². The number of hydrogen-bond donors (Lipinski definition) is 1. The Bertz CT molecular complexity index is 1320. The van der Waals surface area contributed by atoms with Crippen molar-refractivity contribution < 1.29 is 51.6 Å². The third kappa shape index (κ3) is 6.96. The van der Waals surface area contributed by atoms with Gasteiger partial charge in [0.1, 0.15) is 36.0 Å². The van der Waals surface area contributed by atoms with Gasteiger partial charge in [-0.3, -0.25) is 9.59 Å². The first kappa shape index (κ1) is 31.5. The van der Waals surface area contributed by atoms with Gasteiger partial charge in [0, 0.05) is 31.4 Å². The minimum Gasteiger partial charge on any atom is -0.463 e. The molecule has 0 radical (unpaired) electrons. The lowest BCUT2D eigenvalue weighted by Gasteiger charge is -2.46. The third-order valence-electron chi connectivity index (χ3n) is 6.59. The molecule has 228 valence electrons. The molecule has 18 heteroatoms. The fraction of sp³-hybridized carbons (Fsp3) is 0.583. The zero-order valence-corrected chi connectivity index (χ0v) is 23.3. The fourth-order valence-electron chi connectivity index (χ4n) is 4.70. The van der Waals surface area contributed by atoms with E-state index in [1.54, 1.807) is 0 Å². The average molecular weight is 617 g/mol. The van der Waals surface area contributed by atoms with Crippen molar-refractivity contribution >= 4 is 23.7 Å². The van der Waals surface area contributed by atoms with Crippen molar-refractivity contribution in [2.45, 2.75) is 61.0 Å². The molecule has 0 saturated carbocycles. The number of ether oxygens (including phenoxy) is 5. The van der Waals surface area contributed by atoms with Crippen LogP contribution in [0.15, 0.2) is 23.4 Å². The summed E-state index contributed by atoms with van der Waals surface area (Å²) >= 11 is 1.09. The summed E-state index contributed by atoms with van der Waals surface area (Å²) < 4.78 is 70.8. The van der Waals surface area contributed by atoms with Crippen molar-refractivity contribution in [3.8, 4) is 11.3 Å². The Morgan fingerprint density at radius 1 is 1.21 bits per heavy atom. The molecule has 8 unspecified atom stereocenters. The van der Waals surface area contributed by atoms with Crippen LogP contribution in [0.5, 0.6) is 0 Å². The SMILES string of the molecule is COC1C(SC2COCC(N=[N+]=[N-])C2O)OC(COC(C)=O)C(OC(C)=O)C1n1cc(-c2cc(F)c(F)c(F)c2)nn1. The molecule has 2 aliphatic heterocycles. The lowest BCUT2D eigenvalue weighted by molar-refractivity contribution is -0.208. The van der Waals surface area contributed by atoms with Crippen LogP contribution in [-0.2, 0) is 33.3 Å². The largest absolute Gasteiger partial charge is 0.463 e. The van der Waals surface area contributed by atoms with Crippen LogP contribution >= 0.6 is 11.8 Å². The minimum atomic E-state index is -1.64. The number of aliphatic hydroxyl groups is 1. The van der Waals surface area contributed by atoms with E-state index in [0.29, 0.717) is 0 Å². The van der Waals surface area contributed by atoms with Gasteiger partial charge >= 0.3 is 11.9 Å². The van der Waals surface area contributed by atoms with Gasteiger partial charge in [0.15, 0.2) is 23.6 Å². The highest BCUT2D eigenvalue weighted by Gasteiger charge is 2.52. The smallest absolute Gasteiger partial charge is 0.303 e. The Morgan fingerprint density at radius 3 is 2.55 bits per heavy atom. The predicted octanol–water partition coefficient (Wildman–Crippen LogP) is 2.31. The summed E-state index contributed by atoms with van der Waals surface area (Å²) in [6.45, 7) is 2.08. The highest BCUT2D eigenvalue weighted by Crippen LogP contribution is 2.41. The minimum absolute atomic E-state index is 0.0139. The zero-order valence-electron chi connectivity index (χ0n) is 22.5. The molecule has 1 aromatic carbocycles. The lowest BCUT2D eigenvalue weighted by atomic mass is 9.96. The van der Waals surface area contributed by atoms with Crippen LogP contribution in [0, 0.1) is 17.5 Å². The van der Waals surface area contributed by atoms with Gasteiger partial charge in [0.05, 0.1) is 36.8 Å². The van der Waals surface area contributed by atoms with E-state index in [9.17, 15) is 27.9 Å². The van der Waals surface area contributed by atoms with Gasteiger partial charge in [0.25, 0.3) is 0 Å². The van der Waals surface area contributed by atoms with E-state index in [1.165, 1.54) is 24.9 Å². The van der Waals surface area contributed by atoms with E-state index < -0.39 is 76.6 Å². The number of rotatable bonds is 9. The van der Waals surface area contributed by atoms with Crippen molar-refractivity contribution in [2.75, 3.05) is 26.9 Å². The molecule has 3 heterocycles. The zero-order chi connectivity index (χ0) is 30.6. The number of carbonyl (C=O) groups is 2. The van der Waals surface area contributed by atoms with Gasteiger partial charge in [-0.2, -0.15) is 0 Å². The molecule has 0 amide bonds. The molecule has 0 bridgehead atoms. The highest BCUT2D eigenvalue weighted by atomic mass is 32.2. The molecule has 2 fully saturated rings. The van der Waals surface area contributed by atoms with Crippen LogP contribution in [-0.4, -0.2) is 100 Å². The number of aromatic nitrogens is 3. The van der Waals surface area contributed by atoms with Gasteiger partial charge in [-0.1, -0.05) is 10.3 Å². The number of halogens is 3. The number of benzene rings is 1. The summed E-state index contributed by atoms with van der Waals surface area (Å²) in [7, 11) is 1.35. The van der Waals surface area contributed by atoms with E-state index in [4.69, 9.17) is 29.2 Å². The maximum absolute atomic E-state index is 13.9. The summed E-state index contributed by atoms with van der Waals surface area (Å²) in [6.07, 6.45) is -3.04. The van der Waals surface area contributed by atoms with Crippen LogP contribution in [0.2, 0.25) is 0 Å². The first-order valence-electron chi connectivity index (χ1n) is 12.5. The third-order valence-corrected chi connectivity index (χ3v) is 8.00. The lowest BCUT2D eigenvalue weighted by Crippen LogP contribution is -2.58. The first-order valence-corrected chi connectivity index (χ1v) is 13.5. The van der Waals surface area contributed by atoms with Crippen molar-refractivity contribution in [1.29, 1.82) is 0 Å². The number of thioether (sulfide) groups is 1. The summed E-state index contributed by atoms with van der Waals surface area (Å²) in [6, 6.07) is -0.375. The van der Waals surface area contributed by atoms with Gasteiger partial charge in [0.2, 0.25) is 0 Å². The van der Waals surface area contributed by atoms with Gasteiger partial charge in [-0.05, 0) is 17.7 Å². The molecule has 2 saturated heterocycles. The van der Waals surface area contributed by atoms with E-state index in [2.05, 4.69) is 20.3 Å². The Kier molecular flexibility index (Phi) is 10.3. The van der Waals surface area contributed by atoms with Gasteiger partial charge < -0.3 is 28.8 Å². The van der Waals surface area contributed by atoms with Crippen LogP contribution in [0.1, 0.15) is 19.9 Å². The Morgan fingerprint density at radius 2 is 1.93 bits per heavy atom. The van der Waals surface area contributed by atoms with Crippen LogP contribution in [0.25, 0.3) is 21.7 Å². The molecule has 42 heavy (non-hydrogen) atoms. The Hall–Kier alpha value is -3.41. The van der Waals surface area contributed by atoms with Crippen LogP contribution in [0.4, 0.5) is 13.2 Å². The number of esters is 2. The highest BCUT2D eigenvalue weighted by molar-refractivity contribution is 8.00. The number of aliphatic hydroxyl groups excluding tert-OH is 1. The molecular formula is C24H27F3N6O8S. The van der Waals surface area contributed by atoms with Crippen LogP contribution in [0.3, 0.4) is 0 Å². The predicted molar refractivity (Wildman–Crippen MR) is 137 cm³/mol. The molecule has 0 spiro atoms. The molecule has 2 aromatic rings. The molecule has 4 rings (SSSR count). The first-order chi connectivity index (χ1) is 20.0. The molecule has 14 nitrogen and oxygen atoms in total. The maximum Gasteiger partial charge on any atom is 0.303 e. The molecule has 0 aliphatic carbocycles. The second-order valence-electron chi connectivity index (χ2n) is 9.42. The summed E-state index contributed by atoms with van der Waals surface area (Å²) in [4.78, 5) is 26.5. The standard InChI is InChI=1S/C24H27F3N6O8S/c1-10(34)39-8-17-22(40-11(2)35)20(33-6-15(30-32-33)12-4-13(25)19(27)14(26)5-12)23(37-3)24(41-17)42-18-9-38-7-16(21(18)36)29-31-28/h4-6,16-18,20-24,36H,7-9H2,1-3H3. The average Bonchev–Trinajstić information content (AvgIpc) is 3.42. The molecule has 2 aliphatic rings. The maximum atomic E-state index is 13.9. The van der Waals surface area contributed by atoms with E-state index >= 15 is 0 Å². The van der Waals surface area contributed by atoms with Crippen LogP contribution < -0.4 is 0 Å². The molecule has 1 aromatic heterocycles. The topological polar surface area (TPSA) is 180 Å². The second kappa shape index (κ2) is 13.7. The summed E-state index contributed by atoms with van der Waals surface area (Å²) in [5.41, 5.74) is 7.75. The van der Waals surface area contributed by atoms with Crippen molar-refractivity contribution in [2.24, 2.45) is 5.11 Å². The van der Waals surface area contributed by atoms with E-state index in [1.807, 2.05) is 0 Å². The molecule has 1 N–H and O–H groups in total. The normalized spacial score (nSPS) is 29.4. The molecular weight excluding hydrogens is 589 g/mol.